The van der Waals surface area contributed by atoms with Gasteiger partial charge in [-0.2, -0.15) is 0 Å². The molecule has 0 aliphatic carbocycles. The van der Waals surface area contributed by atoms with Crippen LogP contribution in [-0.4, -0.2) is 55.0 Å². The fourth-order valence-electron chi connectivity index (χ4n) is 1.64. The summed E-state index contributed by atoms with van der Waals surface area (Å²) in [6.45, 7) is 0. The minimum atomic E-state index is -0.172. The van der Waals surface area contributed by atoms with Crippen molar-refractivity contribution in [1.82, 2.24) is 9.80 Å². The number of benzene rings is 1. The van der Waals surface area contributed by atoms with E-state index in [0.717, 1.165) is 5.56 Å². The van der Waals surface area contributed by atoms with Crippen LogP contribution in [0.1, 0.15) is 5.56 Å². The zero-order valence-electron chi connectivity index (χ0n) is 10.8. The summed E-state index contributed by atoms with van der Waals surface area (Å²) in [4.78, 5) is 15.5. The zero-order chi connectivity index (χ0) is 13.0. The number of carbonyl (C=O) groups is 1. The highest BCUT2D eigenvalue weighted by Crippen LogP contribution is 2.13. The van der Waals surface area contributed by atoms with Crippen LogP contribution < -0.4 is 0 Å². The van der Waals surface area contributed by atoms with Crippen LogP contribution in [0.2, 0.25) is 0 Å². The molecule has 1 amide bonds. The highest BCUT2D eigenvalue weighted by atomic mass is 16.3. The minimum absolute atomic E-state index is 0.0862. The van der Waals surface area contributed by atoms with E-state index in [9.17, 15) is 9.90 Å². The van der Waals surface area contributed by atoms with Crippen LogP contribution in [0.3, 0.4) is 0 Å². The second kappa shape index (κ2) is 5.68. The second-order valence-corrected chi connectivity index (χ2v) is 4.58. The van der Waals surface area contributed by atoms with E-state index in [1.807, 2.05) is 31.1 Å². The Morgan fingerprint density at radius 3 is 2.12 bits per heavy atom. The molecule has 94 valence electrons. The van der Waals surface area contributed by atoms with Gasteiger partial charge >= 0.3 is 0 Å². The molecule has 0 spiro atoms. The van der Waals surface area contributed by atoms with Crippen LogP contribution in [0.15, 0.2) is 24.3 Å². The van der Waals surface area contributed by atoms with Gasteiger partial charge in [-0.15, -0.1) is 0 Å². The first-order valence-corrected chi connectivity index (χ1v) is 5.57. The van der Waals surface area contributed by atoms with E-state index >= 15 is 0 Å². The van der Waals surface area contributed by atoms with E-state index < -0.39 is 0 Å². The topological polar surface area (TPSA) is 43.8 Å². The Balaban J connectivity index is 2.80. The summed E-state index contributed by atoms with van der Waals surface area (Å²) < 4.78 is 0. The molecule has 4 nitrogen and oxygen atoms in total. The number of nitrogens with zero attached hydrogens (tertiary/aromatic N) is 2. The lowest BCUT2D eigenvalue weighted by atomic mass is 10.0. The molecular weight excluding hydrogens is 216 g/mol. The molecule has 1 atom stereocenters. The van der Waals surface area contributed by atoms with Crippen molar-refractivity contribution in [2.24, 2.45) is 0 Å². The van der Waals surface area contributed by atoms with E-state index in [1.54, 1.807) is 31.1 Å². The third kappa shape index (κ3) is 3.75. The van der Waals surface area contributed by atoms with E-state index in [-0.39, 0.29) is 17.7 Å². The molecule has 0 bridgehead atoms. The summed E-state index contributed by atoms with van der Waals surface area (Å²) in [6, 6.07) is 6.79. The van der Waals surface area contributed by atoms with Crippen LogP contribution in [-0.2, 0) is 11.2 Å². The second-order valence-electron chi connectivity index (χ2n) is 4.58. The summed E-state index contributed by atoms with van der Waals surface area (Å²) in [7, 11) is 7.31. The summed E-state index contributed by atoms with van der Waals surface area (Å²) in [5.41, 5.74) is 1.04. The number of phenols is 1. The van der Waals surface area contributed by atoms with Crippen LogP contribution in [0.5, 0.6) is 5.75 Å². The lowest BCUT2D eigenvalue weighted by molar-refractivity contribution is -0.133. The fraction of sp³-hybridized carbons (Fsp3) is 0.462. The first-order chi connectivity index (χ1) is 7.91. The van der Waals surface area contributed by atoms with Gasteiger partial charge in [-0.05, 0) is 38.2 Å². The molecule has 0 fully saturated rings. The monoisotopic (exact) mass is 236 g/mol. The minimum Gasteiger partial charge on any atom is -0.508 e. The van der Waals surface area contributed by atoms with Gasteiger partial charge in [-0.3, -0.25) is 9.69 Å². The van der Waals surface area contributed by atoms with Crippen LogP contribution >= 0.6 is 0 Å². The summed E-state index contributed by atoms with van der Waals surface area (Å²) in [6.07, 6.45) is 0.643. The molecule has 4 heteroatoms. The molecule has 0 saturated carbocycles. The van der Waals surface area contributed by atoms with Gasteiger partial charge in [0, 0.05) is 14.1 Å². The molecule has 0 aliphatic heterocycles. The summed E-state index contributed by atoms with van der Waals surface area (Å²) >= 11 is 0. The normalized spacial score (nSPS) is 12.5. The Bertz CT molecular complexity index is 372. The largest absolute Gasteiger partial charge is 0.508 e. The quantitative estimate of drug-likeness (QED) is 0.846. The molecule has 1 N–H and O–H groups in total. The van der Waals surface area contributed by atoms with Gasteiger partial charge in [0.2, 0.25) is 5.91 Å². The van der Waals surface area contributed by atoms with Gasteiger partial charge in [0.15, 0.2) is 0 Å². The third-order valence-electron chi connectivity index (χ3n) is 2.71. The molecular formula is C13H20N2O2. The Morgan fingerprint density at radius 1 is 1.18 bits per heavy atom. The van der Waals surface area contributed by atoms with Crippen molar-refractivity contribution >= 4 is 5.91 Å². The Kier molecular flexibility index (Phi) is 4.52. The molecule has 0 aliphatic rings. The van der Waals surface area contributed by atoms with Crippen molar-refractivity contribution in [3.05, 3.63) is 29.8 Å². The number of likely N-dealkylation sites (N-methyl/N-ethyl adjacent to an activating group) is 2. The van der Waals surface area contributed by atoms with Gasteiger partial charge in [0.25, 0.3) is 0 Å². The van der Waals surface area contributed by atoms with Gasteiger partial charge in [0.05, 0.1) is 6.04 Å². The Labute approximate surface area is 102 Å². The summed E-state index contributed by atoms with van der Waals surface area (Å²) in [5, 5.41) is 9.21. The molecule has 0 aromatic heterocycles. The van der Waals surface area contributed by atoms with Crippen LogP contribution in [0.25, 0.3) is 0 Å². The molecule has 1 rings (SSSR count). The average molecular weight is 236 g/mol. The number of hydrogen-bond donors (Lipinski definition) is 1. The number of phenolic OH excluding ortho intramolecular Hbond substituents is 1. The maximum atomic E-state index is 12.0. The predicted molar refractivity (Wildman–Crippen MR) is 68.0 cm³/mol. The lowest BCUT2D eigenvalue weighted by Crippen LogP contribution is -2.44. The van der Waals surface area contributed by atoms with Crippen molar-refractivity contribution in [1.29, 1.82) is 0 Å². The Morgan fingerprint density at radius 2 is 1.71 bits per heavy atom. The molecule has 17 heavy (non-hydrogen) atoms. The van der Waals surface area contributed by atoms with Crippen molar-refractivity contribution in [3.63, 3.8) is 0 Å². The van der Waals surface area contributed by atoms with Gasteiger partial charge < -0.3 is 10.0 Å². The van der Waals surface area contributed by atoms with E-state index in [0.29, 0.717) is 6.42 Å². The first-order valence-electron chi connectivity index (χ1n) is 5.57. The maximum absolute atomic E-state index is 12.0. The molecule has 1 aromatic carbocycles. The molecule has 1 aromatic rings. The highest BCUT2D eigenvalue weighted by molar-refractivity contribution is 5.81. The molecule has 0 unspecified atom stereocenters. The third-order valence-corrected chi connectivity index (χ3v) is 2.71. The van der Waals surface area contributed by atoms with Crippen molar-refractivity contribution in [2.75, 3.05) is 28.2 Å². The average Bonchev–Trinajstić information content (AvgIpc) is 2.26. The van der Waals surface area contributed by atoms with Gasteiger partial charge in [0.1, 0.15) is 5.75 Å². The van der Waals surface area contributed by atoms with E-state index in [4.69, 9.17) is 0 Å². The predicted octanol–water partition coefficient (Wildman–Crippen LogP) is 0.953. The number of amides is 1. The molecule has 0 saturated heterocycles. The van der Waals surface area contributed by atoms with Crippen molar-refractivity contribution < 1.29 is 9.90 Å². The number of rotatable bonds is 4. The number of hydrogen-bond acceptors (Lipinski definition) is 3. The molecule has 0 heterocycles. The van der Waals surface area contributed by atoms with Crippen molar-refractivity contribution in [2.45, 2.75) is 12.5 Å². The lowest BCUT2D eigenvalue weighted by Gasteiger charge is -2.26. The fourth-order valence-corrected chi connectivity index (χ4v) is 1.64. The van der Waals surface area contributed by atoms with Gasteiger partial charge in [-0.1, -0.05) is 12.1 Å². The Hall–Kier alpha value is -1.55. The van der Waals surface area contributed by atoms with Crippen LogP contribution in [0.4, 0.5) is 0 Å². The standard InChI is InChI=1S/C13H20N2O2/c1-14(2)12(13(17)15(3)4)9-10-5-7-11(16)8-6-10/h5-8,12,16H,9H2,1-4H3/t12-/m0/s1. The maximum Gasteiger partial charge on any atom is 0.239 e. The summed E-state index contributed by atoms with van der Waals surface area (Å²) in [5.74, 6) is 0.331. The SMILES string of the molecule is CN(C)C(=O)[C@H](Cc1ccc(O)cc1)N(C)C. The number of aromatic hydroxyl groups is 1. The number of carbonyl (C=O) groups excluding carboxylic acids is 1. The van der Waals surface area contributed by atoms with Crippen LogP contribution in [0, 0.1) is 0 Å². The highest BCUT2D eigenvalue weighted by Gasteiger charge is 2.22. The zero-order valence-corrected chi connectivity index (χ0v) is 10.8. The van der Waals surface area contributed by atoms with E-state index in [1.165, 1.54) is 0 Å². The van der Waals surface area contributed by atoms with E-state index in [2.05, 4.69) is 0 Å². The van der Waals surface area contributed by atoms with Crippen molar-refractivity contribution in [3.8, 4) is 5.75 Å². The smallest absolute Gasteiger partial charge is 0.239 e. The first kappa shape index (κ1) is 13.5. The molecule has 0 radical (unpaired) electrons. The van der Waals surface area contributed by atoms with Gasteiger partial charge in [-0.25, -0.2) is 0 Å².